The molecule has 0 atom stereocenters. The third-order valence-electron chi connectivity index (χ3n) is 1.61. The van der Waals surface area contributed by atoms with Gasteiger partial charge in [-0.3, -0.25) is 0 Å². The Morgan fingerprint density at radius 1 is 1.60 bits per heavy atom. The number of nitrogens with zero attached hydrogens (tertiary/aromatic N) is 1. The van der Waals surface area contributed by atoms with Crippen molar-refractivity contribution in [2.24, 2.45) is 0 Å². The SMILES string of the molecule is COCCNS(=O)(=O)c1sc(N)nc1C. The lowest BCUT2D eigenvalue weighted by molar-refractivity contribution is 0.204. The van der Waals surface area contributed by atoms with E-state index >= 15 is 0 Å². The largest absolute Gasteiger partial charge is 0.383 e. The highest BCUT2D eigenvalue weighted by Crippen LogP contribution is 2.24. The third kappa shape index (κ3) is 3.13. The molecule has 0 unspecified atom stereocenters. The van der Waals surface area contributed by atoms with Crippen LogP contribution < -0.4 is 10.5 Å². The number of nitrogens with one attached hydrogen (secondary N) is 1. The molecule has 1 aromatic heterocycles. The van der Waals surface area contributed by atoms with Crippen molar-refractivity contribution in [2.75, 3.05) is 26.0 Å². The van der Waals surface area contributed by atoms with Crippen LogP contribution in [-0.2, 0) is 14.8 Å². The topological polar surface area (TPSA) is 94.3 Å². The van der Waals surface area contributed by atoms with Crippen LogP contribution in [0.1, 0.15) is 5.69 Å². The number of hydrogen-bond donors (Lipinski definition) is 2. The predicted octanol–water partition coefficient (Wildman–Crippen LogP) is -0.0416. The number of nitrogens with two attached hydrogens (primary N) is 1. The number of aromatic nitrogens is 1. The molecule has 1 rings (SSSR count). The number of sulfonamides is 1. The van der Waals surface area contributed by atoms with Gasteiger partial charge in [0, 0.05) is 13.7 Å². The van der Waals surface area contributed by atoms with Crippen molar-refractivity contribution in [2.45, 2.75) is 11.1 Å². The van der Waals surface area contributed by atoms with Crippen LogP contribution >= 0.6 is 11.3 Å². The summed E-state index contributed by atoms with van der Waals surface area (Å²) in [6.07, 6.45) is 0. The van der Waals surface area contributed by atoms with Gasteiger partial charge in [0.05, 0.1) is 12.3 Å². The highest BCUT2D eigenvalue weighted by atomic mass is 32.2. The molecule has 0 radical (unpaired) electrons. The number of aryl methyl sites for hydroxylation is 1. The standard InChI is InChI=1S/C7H13N3O3S2/c1-5-6(14-7(8)10-5)15(11,12)9-3-4-13-2/h9H,3-4H2,1-2H3,(H2,8,10). The Morgan fingerprint density at radius 2 is 2.27 bits per heavy atom. The smallest absolute Gasteiger partial charge is 0.252 e. The minimum atomic E-state index is -3.50. The second-order valence-corrected chi connectivity index (χ2v) is 5.81. The van der Waals surface area contributed by atoms with Crippen molar-refractivity contribution in [1.29, 1.82) is 0 Å². The Kier molecular flexibility index (Phi) is 4.03. The number of hydrogen-bond acceptors (Lipinski definition) is 6. The fourth-order valence-electron chi connectivity index (χ4n) is 0.996. The van der Waals surface area contributed by atoms with Gasteiger partial charge in [0.1, 0.15) is 0 Å². The van der Waals surface area contributed by atoms with Crippen LogP contribution in [0.15, 0.2) is 4.21 Å². The number of rotatable bonds is 5. The fraction of sp³-hybridized carbons (Fsp3) is 0.571. The van der Waals surface area contributed by atoms with Crippen LogP contribution in [0, 0.1) is 6.92 Å². The molecule has 0 aliphatic carbocycles. The van der Waals surface area contributed by atoms with Crippen LogP contribution in [0.4, 0.5) is 5.13 Å². The summed E-state index contributed by atoms with van der Waals surface area (Å²) in [4.78, 5) is 3.85. The maximum Gasteiger partial charge on any atom is 0.252 e. The van der Waals surface area contributed by atoms with Crippen molar-refractivity contribution >= 4 is 26.5 Å². The molecule has 15 heavy (non-hydrogen) atoms. The zero-order valence-corrected chi connectivity index (χ0v) is 10.1. The molecule has 86 valence electrons. The molecule has 0 amide bonds. The summed E-state index contributed by atoms with van der Waals surface area (Å²) >= 11 is 0.955. The highest BCUT2D eigenvalue weighted by Gasteiger charge is 2.20. The summed E-state index contributed by atoms with van der Waals surface area (Å²) in [5.74, 6) is 0. The summed E-state index contributed by atoms with van der Waals surface area (Å²) < 4.78 is 30.7. The summed E-state index contributed by atoms with van der Waals surface area (Å²) in [5, 5.41) is 0.250. The molecule has 1 heterocycles. The summed E-state index contributed by atoms with van der Waals surface area (Å²) in [7, 11) is -1.99. The maximum atomic E-state index is 11.7. The van der Waals surface area contributed by atoms with Gasteiger partial charge in [-0.05, 0) is 6.92 Å². The monoisotopic (exact) mass is 251 g/mol. The van der Waals surface area contributed by atoms with E-state index in [0.717, 1.165) is 11.3 Å². The minimum absolute atomic E-state index is 0.163. The third-order valence-corrected chi connectivity index (χ3v) is 4.67. The van der Waals surface area contributed by atoms with E-state index in [-0.39, 0.29) is 15.9 Å². The Labute approximate surface area is 92.5 Å². The van der Waals surface area contributed by atoms with E-state index < -0.39 is 10.0 Å². The molecule has 0 aliphatic rings. The number of nitrogen functional groups attached to an aromatic ring is 1. The van der Waals surface area contributed by atoms with Gasteiger partial charge in [-0.1, -0.05) is 11.3 Å². The van der Waals surface area contributed by atoms with E-state index in [1.54, 1.807) is 6.92 Å². The fourth-order valence-corrected chi connectivity index (χ4v) is 3.35. The molecule has 0 saturated carbocycles. The molecule has 3 N–H and O–H groups in total. The minimum Gasteiger partial charge on any atom is -0.383 e. The molecule has 1 aromatic rings. The van der Waals surface area contributed by atoms with Crippen LogP contribution in [0.2, 0.25) is 0 Å². The van der Waals surface area contributed by atoms with Gasteiger partial charge in [0.25, 0.3) is 10.0 Å². The average molecular weight is 251 g/mol. The van der Waals surface area contributed by atoms with Gasteiger partial charge in [0.2, 0.25) is 0 Å². The lowest BCUT2D eigenvalue weighted by Gasteiger charge is -2.03. The molecule has 0 aliphatic heterocycles. The summed E-state index contributed by atoms with van der Waals surface area (Å²) in [6, 6.07) is 0. The Bertz CT molecular complexity index is 427. The van der Waals surface area contributed by atoms with Gasteiger partial charge in [-0.25, -0.2) is 18.1 Å². The zero-order chi connectivity index (χ0) is 11.5. The zero-order valence-electron chi connectivity index (χ0n) is 8.48. The van der Waals surface area contributed by atoms with Crippen LogP contribution in [0.25, 0.3) is 0 Å². The molecule has 0 aromatic carbocycles. The van der Waals surface area contributed by atoms with E-state index in [1.165, 1.54) is 7.11 Å². The number of anilines is 1. The first-order chi connectivity index (χ1) is 6.97. The first kappa shape index (κ1) is 12.4. The molecule has 6 nitrogen and oxygen atoms in total. The van der Waals surface area contributed by atoms with E-state index in [2.05, 4.69) is 9.71 Å². The van der Waals surface area contributed by atoms with Crippen molar-refractivity contribution in [3.8, 4) is 0 Å². The average Bonchev–Trinajstić information content (AvgIpc) is 2.46. The van der Waals surface area contributed by atoms with Gasteiger partial charge in [0.15, 0.2) is 9.34 Å². The molecule has 0 spiro atoms. The molecule has 8 heteroatoms. The van der Waals surface area contributed by atoms with Crippen molar-refractivity contribution < 1.29 is 13.2 Å². The number of ether oxygens (including phenoxy) is 1. The molecular formula is C7H13N3O3S2. The van der Waals surface area contributed by atoms with Gasteiger partial charge < -0.3 is 10.5 Å². The quantitative estimate of drug-likeness (QED) is 0.716. The van der Waals surface area contributed by atoms with Crippen molar-refractivity contribution in [3.63, 3.8) is 0 Å². The summed E-state index contributed by atoms with van der Waals surface area (Å²) in [5.41, 5.74) is 5.84. The van der Waals surface area contributed by atoms with E-state index in [1.807, 2.05) is 0 Å². The van der Waals surface area contributed by atoms with Crippen LogP contribution in [0.5, 0.6) is 0 Å². The van der Waals surface area contributed by atoms with Crippen molar-refractivity contribution in [3.05, 3.63) is 5.69 Å². The molecule has 0 saturated heterocycles. The normalized spacial score (nSPS) is 11.9. The van der Waals surface area contributed by atoms with Crippen LogP contribution in [-0.4, -0.2) is 33.7 Å². The number of thiazole rings is 1. The lowest BCUT2D eigenvalue weighted by Crippen LogP contribution is -2.27. The van der Waals surface area contributed by atoms with E-state index in [4.69, 9.17) is 10.5 Å². The first-order valence-electron chi connectivity index (χ1n) is 4.19. The van der Waals surface area contributed by atoms with Crippen LogP contribution in [0.3, 0.4) is 0 Å². The maximum absolute atomic E-state index is 11.7. The highest BCUT2D eigenvalue weighted by molar-refractivity contribution is 7.91. The lowest BCUT2D eigenvalue weighted by atomic mass is 10.6. The second kappa shape index (κ2) is 4.88. The van der Waals surface area contributed by atoms with Gasteiger partial charge in [-0.15, -0.1) is 0 Å². The first-order valence-corrected chi connectivity index (χ1v) is 6.49. The van der Waals surface area contributed by atoms with Crippen molar-refractivity contribution in [1.82, 2.24) is 9.71 Å². The molecular weight excluding hydrogens is 238 g/mol. The second-order valence-electron chi connectivity index (χ2n) is 2.82. The predicted molar refractivity (Wildman–Crippen MR) is 58.3 cm³/mol. The Balaban J connectivity index is 2.82. The molecule has 0 fully saturated rings. The molecule has 0 bridgehead atoms. The van der Waals surface area contributed by atoms with Gasteiger partial charge in [-0.2, -0.15) is 0 Å². The Hall–Kier alpha value is -0.700. The summed E-state index contributed by atoms with van der Waals surface area (Å²) in [6.45, 7) is 2.17. The van der Waals surface area contributed by atoms with E-state index in [0.29, 0.717) is 12.3 Å². The van der Waals surface area contributed by atoms with Gasteiger partial charge >= 0.3 is 0 Å². The Morgan fingerprint density at radius 3 is 2.73 bits per heavy atom. The van der Waals surface area contributed by atoms with E-state index in [9.17, 15) is 8.42 Å². The number of methoxy groups -OCH3 is 1.